The second-order valence-electron chi connectivity index (χ2n) is 6.69. The Balaban J connectivity index is 1.53. The molecule has 0 aliphatic carbocycles. The minimum absolute atomic E-state index is 0.000166. The number of aryl methyl sites for hydroxylation is 1. The number of nitrogens with zero attached hydrogens (tertiary/aromatic N) is 3. The van der Waals surface area contributed by atoms with Crippen molar-refractivity contribution in [3.05, 3.63) is 53.9 Å². The van der Waals surface area contributed by atoms with Gasteiger partial charge in [0.05, 0.1) is 0 Å². The van der Waals surface area contributed by atoms with E-state index in [1.54, 1.807) is 4.90 Å². The molecule has 1 atom stereocenters. The number of piperazine rings is 2. The number of fused-ring (bicyclic) bond motifs is 1. The van der Waals surface area contributed by atoms with Crippen LogP contribution in [0.1, 0.15) is 15.9 Å². The first-order valence-electron chi connectivity index (χ1n) is 8.68. The monoisotopic (exact) mass is 338 g/mol. The zero-order valence-electron chi connectivity index (χ0n) is 14.3. The molecule has 4 rings (SSSR count). The SMILES string of the molecule is Cc1cc(C(=O)N2CCN3CCNC(=O)[C@@H]3C2)ccc1-n1cccc1. The van der Waals surface area contributed by atoms with Gasteiger partial charge in [-0.05, 0) is 42.8 Å². The van der Waals surface area contributed by atoms with Crippen LogP contribution in [-0.2, 0) is 4.79 Å². The molecule has 2 aliphatic heterocycles. The summed E-state index contributed by atoms with van der Waals surface area (Å²) >= 11 is 0. The number of hydrogen-bond acceptors (Lipinski definition) is 3. The maximum atomic E-state index is 12.9. The van der Waals surface area contributed by atoms with Gasteiger partial charge in [-0.15, -0.1) is 0 Å². The molecule has 2 aliphatic rings. The lowest BCUT2D eigenvalue weighted by atomic mass is 10.1. The van der Waals surface area contributed by atoms with Crippen LogP contribution < -0.4 is 5.32 Å². The highest BCUT2D eigenvalue weighted by Crippen LogP contribution is 2.19. The van der Waals surface area contributed by atoms with Gasteiger partial charge < -0.3 is 14.8 Å². The van der Waals surface area contributed by atoms with E-state index >= 15 is 0 Å². The van der Waals surface area contributed by atoms with Crippen molar-refractivity contribution in [1.82, 2.24) is 19.7 Å². The first-order chi connectivity index (χ1) is 12.1. The molecule has 25 heavy (non-hydrogen) atoms. The number of benzene rings is 1. The van der Waals surface area contributed by atoms with E-state index in [4.69, 9.17) is 0 Å². The fourth-order valence-electron chi connectivity index (χ4n) is 3.72. The first kappa shape index (κ1) is 15.9. The summed E-state index contributed by atoms with van der Waals surface area (Å²) in [5.74, 6) is 0.0306. The molecule has 3 heterocycles. The van der Waals surface area contributed by atoms with Crippen LogP contribution in [0.15, 0.2) is 42.7 Å². The summed E-state index contributed by atoms with van der Waals surface area (Å²) in [6.45, 7) is 5.46. The summed E-state index contributed by atoms with van der Waals surface area (Å²) in [6.07, 6.45) is 3.98. The Hall–Kier alpha value is -2.60. The van der Waals surface area contributed by atoms with Gasteiger partial charge in [-0.25, -0.2) is 0 Å². The van der Waals surface area contributed by atoms with Gasteiger partial charge in [0.1, 0.15) is 6.04 Å². The third-order valence-electron chi connectivity index (χ3n) is 5.11. The van der Waals surface area contributed by atoms with E-state index in [0.29, 0.717) is 25.2 Å². The van der Waals surface area contributed by atoms with Crippen LogP contribution in [0.4, 0.5) is 0 Å². The van der Waals surface area contributed by atoms with Crippen molar-refractivity contribution < 1.29 is 9.59 Å². The summed E-state index contributed by atoms with van der Waals surface area (Å²) < 4.78 is 2.04. The lowest BCUT2D eigenvalue weighted by molar-refractivity contribution is -0.131. The van der Waals surface area contributed by atoms with E-state index in [1.807, 2.05) is 54.2 Å². The van der Waals surface area contributed by atoms with Gasteiger partial charge in [0.15, 0.2) is 0 Å². The zero-order chi connectivity index (χ0) is 17.4. The topological polar surface area (TPSA) is 57.6 Å². The number of amides is 2. The van der Waals surface area contributed by atoms with Crippen LogP contribution in [0, 0.1) is 6.92 Å². The molecule has 0 saturated carbocycles. The summed E-state index contributed by atoms with van der Waals surface area (Å²) in [6, 6.07) is 9.53. The Labute approximate surface area is 147 Å². The molecule has 2 amide bonds. The fraction of sp³-hybridized carbons (Fsp3) is 0.368. The molecular weight excluding hydrogens is 316 g/mol. The van der Waals surface area contributed by atoms with E-state index in [2.05, 4.69) is 10.2 Å². The Morgan fingerprint density at radius 3 is 2.72 bits per heavy atom. The molecule has 0 bridgehead atoms. The third-order valence-corrected chi connectivity index (χ3v) is 5.11. The van der Waals surface area contributed by atoms with Crippen molar-refractivity contribution in [3.8, 4) is 5.69 Å². The summed E-state index contributed by atoms with van der Waals surface area (Å²) in [4.78, 5) is 28.9. The second kappa shape index (κ2) is 6.37. The Morgan fingerprint density at radius 2 is 1.96 bits per heavy atom. The summed E-state index contributed by atoms with van der Waals surface area (Å²) in [5, 5.41) is 2.89. The predicted molar refractivity (Wildman–Crippen MR) is 94.8 cm³/mol. The standard InChI is InChI=1S/C19H22N4O2/c1-14-12-15(4-5-16(14)21-7-2-3-8-21)19(25)23-11-10-22-9-6-20-18(24)17(22)13-23/h2-5,7-8,12,17H,6,9-11,13H2,1H3,(H,20,24)/t17-/m0/s1. The van der Waals surface area contributed by atoms with E-state index in [9.17, 15) is 9.59 Å². The van der Waals surface area contributed by atoms with Crippen LogP contribution in [0.3, 0.4) is 0 Å². The molecule has 0 radical (unpaired) electrons. The smallest absolute Gasteiger partial charge is 0.253 e. The average molecular weight is 338 g/mol. The number of aromatic nitrogens is 1. The number of hydrogen-bond donors (Lipinski definition) is 1. The maximum absolute atomic E-state index is 12.9. The highest BCUT2D eigenvalue weighted by molar-refractivity contribution is 5.95. The lowest BCUT2D eigenvalue weighted by Crippen LogP contribution is -2.64. The predicted octanol–water partition coefficient (Wildman–Crippen LogP) is 1.04. The fourth-order valence-corrected chi connectivity index (χ4v) is 3.72. The summed E-state index contributed by atoms with van der Waals surface area (Å²) in [7, 11) is 0. The van der Waals surface area contributed by atoms with Crippen LogP contribution in [0.5, 0.6) is 0 Å². The van der Waals surface area contributed by atoms with Crippen LogP contribution in [0.25, 0.3) is 5.69 Å². The highest BCUT2D eigenvalue weighted by Gasteiger charge is 2.36. The molecule has 130 valence electrons. The third kappa shape index (κ3) is 2.93. The van der Waals surface area contributed by atoms with E-state index < -0.39 is 0 Å². The van der Waals surface area contributed by atoms with Crippen LogP contribution in [-0.4, -0.2) is 64.9 Å². The number of nitrogens with one attached hydrogen (secondary N) is 1. The Kier molecular flexibility index (Phi) is 4.05. The van der Waals surface area contributed by atoms with Crippen LogP contribution in [0.2, 0.25) is 0 Å². The molecule has 6 nitrogen and oxygen atoms in total. The van der Waals surface area contributed by atoms with E-state index in [-0.39, 0.29) is 17.9 Å². The van der Waals surface area contributed by atoms with Crippen molar-refractivity contribution in [1.29, 1.82) is 0 Å². The molecule has 0 unspecified atom stereocenters. The van der Waals surface area contributed by atoms with Gasteiger partial charge in [0.2, 0.25) is 5.91 Å². The molecule has 2 fully saturated rings. The van der Waals surface area contributed by atoms with Crippen molar-refractivity contribution in [3.63, 3.8) is 0 Å². The van der Waals surface area contributed by atoms with E-state index in [1.165, 1.54) is 0 Å². The minimum atomic E-state index is -0.216. The molecule has 1 aromatic heterocycles. The first-order valence-corrected chi connectivity index (χ1v) is 8.68. The Bertz CT molecular complexity index is 800. The Morgan fingerprint density at radius 1 is 1.16 bits per heavy atom. The van der Waals surface area contributed by atoms with Crippen molar-refractivity contribution in [2.24, 2.45) is 0 Å². The lowest BCUT2D eigenvalue weighted by Gasteiger charge is -2.43. The van der Waals surface area contributed by atoms with Gasteiger partial charge in [-0.1, -0.05) is 0 Å². The van der Waals surface area contributed by atoms with Gasteiger partial charge in [-0.3, -0.25) is 14.5 Å². The van der Waals surface area contributed by atoms with Crippen molar-refractivity contribution in [2.45, 2.75) is 13.0 Å². The normalized spacial score (nSPS) is 20.9. The second-order valence-corrected chi connectivity index (χ2v) is 6.69. The van der Waals surface area contributed by atoms with Crippen LogP contribution >= 0.6 is 0 Å². The van der Waals surface area contributed by atoms with Gasteiger partial charge in [-0.2, -0.15) is 0 Å². The number of carbonyl (C=O) groups excluding carboxylic acids is 2. The summed E-state index contributed by atoms with van der Waals surface area (Å²) in [5.41, 5.74) is 2.80. The van der Waals surface area contributed by atoms with Crippen molar-refractivity contribution >= 4 is 11.8 Å². The number of carbonyl (C=O) groups is 2. The zero-order valence-corrected chi connectivity index (χ0v) is 14.3. The molecule has 0 spiro atoms. The average Bonchev–Trinajstić information content (AvgIpc) is 3.15. The van der Waals surface area contributed by atoms with Crippen molar-refractivity contribution in [2.75, 3.05) is 32.7 Å². The largest absolute Gasteiger partial charge is 0.353 e. The highest BCUT2D eigenvalue weighted by atomic mass is 16.2. The minimum Gasteiger partial charge on any atom is -0.353 e. The molecule has 2 aromatic rings. The number of rotatable bonds is 2. The molecule has 6 heteroatoms. The molecule has 1 aromatic carbocycles. The maximum Gasteiger partial charge on any atom is 0.253 e. The van der Waals surface area contributed by atoms with Gasteiger partial charge >= 0.3 is 0 Å². The van der Waals surface area contributed by atoms with Gasteiger partial charge in [0, 0.05) is 56.4 Å². The van der Waals surface area contributed by atoms with E-state index in [0.717, 1.165) is 24.3 Å². The molecule has 2 saturated heterocycles. The molecule has 1 N–H and O–H groups in total. The van der Waals surface area contributed by atoms with Gasteiger partial charge in [0.25, 0.3) is 5.91 Å². The molecular formula is C19H22N4O2. The quantitative estimate of drug-likeness (QED) is 0.890.